The van der Waals surface area contributed by atoms with Gasteiger partial charge in [0, 0.05) is 18.9 Å². The Labute approximate surface area is 108 Å². The van der Waals surface area contributed by atoms with Crippen LogP contribution in [-0.4, -0.2) is 25.8 Å². The molecule has 1 aromatic heterocycles. The fraction of sp³-hybridized carbons (Fsp3) is 0.692. The molecule has 102 valence electrons. The van der Waals surface area contributed by atoms with Crippen molar-refractivity contribution >= 4 is 5.82 Å². The Morgan fingerprint density at radius 2 is 2.00 bits per heavy atom. The molecule has 1 heterocycles. The van der Waals surface area contributed by atoms with Crippen LogP contribution >= 0.6 is 0 Å². The topological polar surface area (TPSA) is 67.2 Å². The van der Waals surface area contributed by atoms with Gasteiger partial charge < -0.3 is 15.0 Å². The zero-order chi connectivity index (χ0) is 14.0. The molecule has 0 radical (unpaired) electrons. The van der Waals surface area contributed by atoms with Gasteiger partial charge in [-0.1, -0.05) is 6.92 Å². The Kier molecular flexibility index (Phi) is 4.16. The first-order chi connectivity index (χ1) is 8.19. The van der Waals surface area contributed by atoms with Gasteiger partial charge in [0.05, 0.1) is 11.1 Å². The minimum absolute atomic E-state index is 0.156. The van der Waals surface area contributed by atoms with E-state index in [4.69, 9.17) is 0 Å². The summed E-state index contributed by atoms with van der Waals surface area (Å²) in [6, 6.07) is 0. The van der Waals surface area contributed by atoms with E-state index in [-0.39, 0.29) is 11.4 Å². The van der Waals surface area contributed by atoms with Gasteiger partial charge >= 0.3 is 0 Å². The average molecular weight is 253 g/mol. The van der Waals surface area contributed by atoms with Crippen molar-refractivity contribution < 1.29 is 5.11 Å². The van der Waals surface area contributed by atoms with Gasteiger partial charge in [-0.05, 0) is 34.1 Å². The maximum absolute atomic E-state index is 12.1. The predicted octanol–water partition coefficient (Wildman–Crippen LogP) is 1.61. The molecule has 5 heteroatoms. The van der Waals surface area contributed by atoms with E-state index in [2.05, 4.69) is 10.3 Å². The molecule has 1 rings (SSSR count). The van der Waals surface area contributed by atoms with E-state index in [0.29, 0.717) is 6.54 Å². The van der Waals surface area contributed by atoms with E-state index >= 15 is 0 Å². The second-order valence-corrected chi connectivity index (χ2v) is 5.58. The SMILES string of the molecule is CCCn1ccnc(NC(C)(C)C(C)(C)O)c1=O. The van der Waals surface area contributed by atoms with Crippen LogP contribution in [0.15, 0.2) is 17.2 Å². The van der Waals surface area contributed by atoms with Crippen molar-refractivity contribution in [3.63, 3.8) is 0 Å². The average Bonchev–Trinajstić information content (AvgIpc) is 2.22. The summed E-state index contributed by atoms with van der Waals surface area (Å²) in [5, 5.41) is 13.1. The lowest BCUT2D eigenvalue weighted by Gasteiger charge is -2.38. The number of aliphatic hydroxyl groups is 1. The third-order valence-corrected chi connectivity index (χ3v) is 3.34. The highest BCUT2D eigenvalue weighted by atomic mass is 16.3. The minimum atomic E-state index is -0.966. The van der Waals surface area contributed by atoms with Crippen LogP contribution in [0.2, 0.25) is 0 Å². The van der Waals surface area contributed by atoms with E-state index in [9.17, 15) is 9.90 Å². The molecule has 5 nitrogen and oxygen atoms in total. The van der Waals surface area contributed by atoms with Crippen molar-refractivity contribution in [1.82, 2.24) is 9.55 Å². The van der Waals surface area contributed by atoms with Gasteiger partial charge in [0.15, 0.2) is 5.82 Å². The molecule has 0 aliphatic carbocycles. The highest BCUT2D eigenvalue weighted by molar-refractivity contribution is 5.35. The van der Waals surface area contributed by atoms with Crippen molar-refractivity contribution in [2.75, 3.05) is 5.32 Å². The molecule has 1 aromatic rings. The lowest BCUT2D eigenvalue weighted by Crippen LogP contribution is -2.52. The number of nitrogens with zero attached hydrogens (tertiary/aromatic N) is 2. The summed E-state index contributed by atoms with van der Waals surface area (Å²) in [5.74, 6) is 0.276. The first-order valence-electron chi connectivity index (χ1n) is 6.25. The second-order valence-electron chi connectivity index (χ2n) is 5.58. The molecule has 0 aliphatic heterocycles. The Morgan fingerprint density at radius 1 is 1.39 bits per heavy atom. The largest absolute Gasteiger partial charge is 0.388 e. The number of hydrogen-bond acceptors (Lipinski definition) is 4. The molecule has 0 bridgehead atoms. The number of hydrogen-bond donors (Lipinski definition) is 2. The maximum atomic E-state index is 12.1. The summed E-state index contributed by atoms with van der Waals surface area (Å²) in [6.45, 7) is 9.76. The number of anilines is 1. The quantitative estimate of drug-likeness (QED) is 0.836. The van der Waals surface area contributed by atoms with Gasteiger partial charge in [0.25, 0.3) is 5.56 Å². The molecule has 0 aliphatic rings. The molecule has 0 spiro atoms. The third-order valence-electron chi connectivity index (χ3n) is 3.34. The zero-order valence-corrected chi connectivity index (χ0v) is 11.8. The summed E-state index contributed by atoms with van der Waals surface area (Å²) in [7, 11) is 0. The Hall–Kier alpha value is -1.36. The van der Waals surface area contributed by atoms with Crippen molar-refractivity contribution in [1.29, 1.82) is 0 Å². The highest BCUT2D eigenvalue weighted by Gasteiger charge is 2.35. The molecule has 0 saturated carbocycles. The highest BCUT2D eigenvalue weighted by Crippen LogP contribution is 2.23. The van der Waals surface area contributed by atoms with Gasteiger partial charge in [-0.3, -0.25) is 4.79 Å². The molecule has 0 unspecified atom stereocenters. The Morgan fingerprint density at radius 3 is 2.50 bits per heavy atom. The van der Waals surface area contributed by atoms with Crippen LogP contribution in [0, 0.1) is 0 Å². The van der Waals surface area contributed by atoms with Gasteiger partial charge in [-0.2, -0.15) is 0 Å². The molecule has 0 aromatic carbocycles. The fourth-order valence-corrected chi connectivity index (χ4v) is 1.40. The van der Waals surface area contributed by atoms with E-state index < -0.39 is 11.1 Å². The van der Waals surface area contributed by atoms with E-state index in [1.807, 2.05) is 20.8 Å². The van der Waals surface area contributed by atoms with Crippen LogP contribution in [0.3, 0.4) is 0 Å². The van der Waals surface area contributed by atoms with Crippen LogP contribution in [-0.2, 0) is 6.54 Å². The lowest BCUT2D eigenvalue weighted by molar-refractivity contribution is 0.0238. The first kappa shape index (κ1) is 14.7. The summed E-state index contributed by atoms with van der Waals surface area (Å²) in [6.07, 6.45) is 4.16. The van der Waals surface area contributed by atoms with Crippen LogP contribution in [0.1, 0.15) is 41.0 Å². The smallest absolute Gasteiger partial charge is 0.293 e. The van der Waals surface area contributed by atoms with Crippen LogP contribution in [0.4, 0.5) is 5.82 Å². The molecule has 0 atom stereocenters. The Bertz CT molecular complexity index is 458. The normalized spacial score (nSPS) is 12.6. The maximum Gasteiger partial charge on any atom is 0.293 e. The number of aryl methyl sites for hydroxylation is 1. The second kappa shape index (κ2) is 5.10. The van der Waals surface area contributed by atoms with E-state index in [1.165, 1.54) is 0 Å². The summed E-state index contributed by atoms with van der Waals surface area (Å²) < 4.78 is 1.62. The Balaban J connectivity index is 3.06. The first-order valence-corrected chi connectivity index (χ1v) is 6.25. The van der Waals surface area contributed by atoms with Crippen molar-refractivity contribution in [2.24, 2.45) is 0 Å². The molecule has 0 amide bonds. The molecule has 18 heavy (non-hydrogen) atoms. The standard InChI is InChI=1S/C13H23N3O2/c1-6-8-16-9-7-14-10(11(16)17)15-12(2,3)13(4,5)18/h7,9,18H,6,8H2,1-5H3,(H,14,15). The van der Waals surface area contributed by atoms with Crippen LogP contribution in [0.25, 0.3) is 0 Å². The molecular formula is C13H23N3O2. The van der Waals surface area contributed by atoms with Crippen molar-refractivity contribution in [3.8, 4) is 0 Å². The molecule has 0 saturated heterocycles. The molecule has 2 N–H and O–H groups in total. The van der Waals surface area contributed by atoms with E-state index in [1.54, 1.807) is 30.8 Å². The van der Waals surface area contributed by atoms with Crippen molar-refractivity contribution in [2.45, 2.75) is 58.7 Å². The van der Waals surface area contributed by atoms with Gasteiger partial charge in [-0.15, -0.1) is 0 Å². The van der Waals surface area contributed by atoms with Gasteiger partial charge in [0.1, 0.15) is 0 Å². The monoisotopic (exact) mass is 253 g/mol. The van der Waals surface area contributed by atoms with Gasteiger partial charge in [-0.25, -0.2) is 4.98 Å². The van der Waals surface area contributed by atoms with Crippen LogP contribution in [0.5, 0.6) is 0 Å². The van der Waals surface area contributed by atoms with E-state index in [0.717, 1.165) is 6.42 Å². The zero-order valence-electron chi connectivity index (χ0n) is 11.8. The predicted molar refractivity (Wildman–Crippen MR) is 72.8 cm³/mol. The number of rotatable bonds is 5. The lowest BCUT2D eigenvalue weighted by atomic mass is 9.86. The summed E-state index contributed by atoms with van der Waals surface area (Å²) in [5.41, 5.74) is -1.77. The van der Waals surface area contributed by atoms with Crippen LogP contribution < -0.4 is 10.9 Å². The third kappa shape index (κ3) is 3.10. The minimum Gasteiger partial charge on any atom is -0.388 e. The summed E-state index contributed by atoms with van der Waals surface area (Å²) >= 11 is 0. The molecular weight excluding hydrogens is 230 g/mol. The number of aromatic nitrogens is 2. The number of nitrogens with one attached hydrogen (secondary N) is 1. The van der Waals surface area contributed by atoms with Gasteiger partial charge in [0.2, 0.25) is 0 Å². The van der Waals surface area contributed by atoms with Crippen molar-refractivity contribution in [3.05, 3.63) is 22.7 Å². The molecule has 0 fully saturated rings. The fourth-order valence-electron chi connectivity index (χ4n) is 1.40. The summed E-state index contributed by atoms with van der Waals surface area (Å²) in [4.78, 5) is 16.2.